The van der Waals surface area contributed by atoms with Crippen molar-refractivity contribution in [1.82, 2.24) is 9.80 Å². The Bertz CT molecular complexity index is 1160. The molecule has 0 fully saturated rings. The summed E-state index contributed by atoms with van der Waals surface area (Å²) in [5, 5.41) is 15.4. The molecule has 0 radical (unpaired) electrons. The van der Waals surface area contributed by atoms with Crippen LogP contribution in [0.3, 0.4) is 0 Å². The van der Waals surface area contributed by atoms with Gasteiger partial charge in [0.2, 0.25) is 11.8 Å². The summed E-state index contributed by atoms with van der Waals surface area (Å²) in [5.41, 5.74) is 7.38. The molecule has 0 atom stereocenters. The second-order valence-electron chi connectivity index (χ2n) is 9.04. The number of ether oxygens (including phenoxy) is 1. The van der Waals surface area contributed by atoms with Crippen LogP contribution in [0.4, 0.5) is 0 Å². The SMILES string of the molecule is C.C.CC(=O)N1CCC(CCl)=C(c2ccccc2)C1.CO.COCC1=C(c2ccccc2)CN(C(C)=O)CC1.O=CO[O-].[H-].[K+].[K+]. The van der Waals surface area contributed by atoms with Crippen molar-refractivity contribution in [2.24, 2.45) is 0 Å². The van der Waals surface area contributed by atoms with Gasteiger partial charge in [0, 0.05) is 60.1 Å². The molecule has 2 aromatic rings. The van der Waals surface area contributed by atoms with Gasteiger partial charge in [-0.15, -0.1) is 11.6 Å². The van der Waals surface area contributed by atoms with Gasteiger partial charge in [0.25, 0.3) is 6.47 Å². The monoisotopic (exact) mass is 698 g/mol. The minimum absolute atomic E-state index is 0. The predicted octanol–water partition coefficient (Wildman–Crippen LogP) is -1.29. The van der Waals surface area contributed by atoms with E-state index in [-0.39, 0.29) is 137 Å². The molecule has 2 heterocycles. The third kappa shape index (κ3) is 18.8. The van der Waals surface area contributed by atoms with Crippen LogP contribution >= 0.6 is 11.6 Å². The summed E-state index contributed by atoms with van der Waals surface area (Å²) >= 11 is 5.99. The first-order chi connectivity index (χ1) is 19.9. The first kappa shape index (κ1) is 51.6. The molecule has 2 aliphatic heterocycles. The van der Waals surface area contributed by atoms with Crippen molar-refractivity contribution in [3.8, 4) is 0 Å². The molecular formula is C33H49ClK2N2O7. The number of aliphatic hydroxyl groups excluding tert-OH is 1. The van der Waals surface area contributed by atoms with Crippen molar-refractivity contribution >= 4 is 41.0 Å². The van der Waals surface area contributed by atoms with Crippen molar-refractivity contribution in [3.63, 3.8) is 0 Å². The number of alkyl halides is 1. The fourth-order valence-corrected chi connectivity index (χ4v) is 4.79. The van der Waals surface area contributed by atoms with E-state index < -0.39 is 0 Å². The second-order valence-corrected chi connectivity index (χ2v) is 9.30. The zero-order valence-corrected chi connectivity index (χ0v) is 33.2. The Kier molecular flexibility index (Phi) is 35.6. The van der Waals surface area contributed by atoms with Gasteiger partial charge in [-0.05, 0) is 46.3 Å². The maximum Gasteiger partial charge on any atom is 1.00 e. The molecule has 0 spiro atoms. The van der Waals surface area contributed by atoms with Crippen molar-refractivity contribution < 1.29 is 139 Å². The molecule has 2 amide bonds. The average molecular weight is 699 g/mol. The molecule has 2 aromatic carbocycles. The van der Waals surface area contributed by atoms with Crippen LogP contribution in [-0.4, -0.2) is 86.1 Å². The van der Waals surface area contributed by atoms with Crippen LogP contribution in [-0.2, 0) is 24.0 Å². The summed E-state index contributed by atoms with van der Waals surface area (Å²) < 4.78 is 5.27. The Labute approximate surface area is 361 Å². The summed E-state index contributed by atoms with van der Waals surface area (Å²) in [6, 6.07) is 20.4. The van der Waals surface area contributed by atoms with Gasteiger partial charge in [0.05, 0.1) is 6.61 Å². The topological polar surface area (TPSA) is 119 Å². The summed E-state index contributed by atoms with van der Waals surface area (Å²) in [4.78, 5) is 38.0. The number of methoxy groups -OCH3 is 1. The number of carbonyl (C=O) groups is 3. The Balaban J connectivity index is -0.000000190. The number of nitrogens with zero attached hydrogens (tertiary/aromatic N) is 2. The van der Waals surface area contributed by atoms with Crippen LogP contribution in [0.2, 0.25) is 0 Å². The molecule has 0 saturated heterocycles. The standard InChI is InChI=1S/C15H19NO2.C14H16ClNO.CH2O3.CH4O.2CH4.2K.H/c1-12(17)16-9-8-14(11-18-2)15(10-16)13-6-4-3-5-7-13;1-11(17)16-8-7-13(9-15)14(10-16)12-5-3-2-4-6-12;2-1-4-3;1-2;;;;;/h3-7H,8-11H2,1-2H3;2-6H,7-10H2,1H3;1,3H;2H,1H3;2*1H4;;;/q;;;;;;2*+1;-1/p-1. The van der Waals surface area contributed by atoms with E-state index in [1.165, 1.54) is 33.4 Å². The molecular weight excluding hydrogens is 650 g/mol. The number of aliphatic hydroxyl groups is 1. The van der Waals surface area contributed by atoms with Gasteiger partial charge >= 0.3 is 103 Å². The maximum atomic E-state index is 11.5. The number of benzene rings is 2. The second kappa shape index (κ2) is 31.1. The summed E-state index contributed by atoms with van der Waals surface area (Å²) in [6.45, 7) is 6.67. The van der Waals surface area contributed by atoms with Gasteiger partial charge < -0.3 is 31.2 Å². The average Bonchev–Trinajstić information content (AvgIpc) is 3.03. The maximum absolute atomic E-state index is 11.5. The molecule has 242 valence electrons. The fraction of sp³-hybridized carbons (Fsp3) is 0.424. The number of hydrogen-bond donors (Lipinski definition) is 1. The van der Waals surface area contributed by atoms with E-state index in [2.05, 4.69) is 29.2 Å². The molecule has 12 heteroatoms. The number of rotatable bonds is 6. The molecule has 0 unspecified atom stereocenters. The molecule has 4 rings (SSSR count). The third-order valence-corrected chi connectivity index (χ3v) is 6.90. The molecule has 0 aliphatic carbocycles. The predicted molar refractivity (Wildman–Crippen MR) is 173 cm³/mol. The summed E-state index contributed by atoms with van der Waals surface area (Å²) in [6.07, 6.45) is 1.78. The van der Waals surface area contributed by atoms with E-state index >= 15 is 0 Å². The minimum atomic E-state index is -0.181. The molecule has 1 N–H and O–H groups in total. The number of halogens is 1. The van der Waals surface area contributed by atoms with E-state index in [9.17, 15) is 9.59 Å². The van der Waals surface area contributed by atoms with Crippen LogP contribution in [0.25, 0.3) is 11.1 Å². The van der Waals surface area contributed by atoms with E-state index in [0.717, 1.165) is 33.0 Å². The van der Waals surface area contributed by atoms with Gasteiger partial charge in [-0.1, -0.05) is 75.5 Å². The van der Waals surface area contributed by atoms with Gasteiger partial charge in [-0.2, -0.15) is 0 Å². The first-order valence-electron chi connectivity index (χ1n) is 13.1. The number of carbonyl (C=O) groups excluding carboxylic acids is 3. The fourth-order valence-electron chi connectivity index (χ4n) is 4.49. The van der Waals surface area contributed by atoms with Crippen LogP contribution in [0.15, 0.2) is 71.8 Å². The van der Waals surface area contributed by atoms with Gasteiger partial charge in [-0.25, -0.2) is 0 Å². The molecule has 2 aliphatic rings. The number of hydrogen-bond acceptors (Lipinski definition) is 7. The first-order valence-corrected chi connectivity index (χ1v) is 13.6. The minimum Gasteiger partial charge on any atom is -1.00 e. The van der Waals surface area contributed by atoms with Gasteiger partial charge in [-0.3, -0.25) is 14.4 Å². The Morgan fingerprint density at radius 2 is 1.20 bits per heavy atom. The molecule has 45 heavy (non-hydrogen) atoms. The molecule has 0 aromatic heterocycles. The van der Waals surface area contributed by atoms with Crippen molar-refractivity contribution in [3.05, 3.63) is 82.9 Å². The van der Waals surface area contributed by atoms with Crippen molar-refractivity contribution in [2.75, 3.05) is 52.9 Å². The third-order valence-electron chi connectivity index (χ3n) is 6.57. The van der Waals surface area contributed by atoms with Gasteiger partial charge in [0.1, 0.15) is 0 Å². The van der Waals surface area contributed by atoms with E-state index in [1.807, 2.05) is 46.2 Å². The smallest absolute Gasteiger partial charge is 1.00 e. The number of amides is 2. The van der Waals surface area contributed by atoms with Crippen molar-refractivity contribution in [2.45, 2.75) is 41.5 Å². The van der Waals surface area contributed by atoms with Crippen molar-refractivity contribution in [1.29, 1.82) is 0 Å². The Morgan fingerprint density at radius 1 is 0.844 bits per heavy atom. The van der Waals surface area contributed by atoms with Crippen LogP contribution in [0, 0.1) is 0 Å². The largest absolute Gasteiger partial charge is 1.00 e. The molecule has 0 saturated carbocycles. The Morgan fingerprint density at radius 3 is 1.51 bits per heavy atom. The van der Waals surface area contributed by atoms with Crippen LogP contribution in [0.1, 0.15) is 54.1 Å². The zero-order chi connectivity index (χ0) is 30.6. The van der Waals surface area contributed by atoms with E-state index in [1.54, 1.807) is 21.0 Å². The van der Waals surface area contributed by atoms with Crippen LogP contribution in [0.5, 0.6) is 0 Å². The molecule has 0 bridgehead atoms. The van der Waals surface area contributed by atoms with E-state index in [0.29, 0.717) is 25.6 Å². The quantitative estimate of drug-likeness (QED) is 0.131. The van der Waals surface area contributed by atoms with E-state index in [4.69, 9.17) is 31.5 Å². The molecule has 9 nitrogen and oxygen atoms in total. The summed E-state index contributed by atoms with van der Waals surface area (Å²) in [5.74, 6) is 0.822. The normalized spacial score (nSPS) is 13.1. The van der Waals surface area contributed by atoms with Crippen LogP contribution < -0.4 is 108 Å². The zero-order valence-electron chi connectivity index (χ0n) is 27.2. The Hall–Kier alpha value is -0.227. The summed E-state index contributed by atoms with van der Waals surface area (Å²) in [7, 11) is 2.72. The van der Waals surface area contributed by atoms with Gasteiger partial charge in [0.15, 0.2) is 0 Å².